The fourth-order valence-corrected chi connectivity index (χ4v) is 3.67. The Balaban J connectivity index is 1.69. The number of aromatic nitrogens is 2. The molecular weight excluding hydrogens is 360 g/mol. The molecular formula is C23H22N6. The van der Waals surface area contributed by atoms with Gasteiger partial charge in [0.1, 0.15) is 5.92 Å². The van der Waals surface area contributed by atoms with Gasteiger partial charge in [-0.2, -0.15) is 5.26 Å². The minimum atomic E-state index is -0.504. The zero-order chi connectivity index (χ0) is 20.2. The van der Waals surface area contributed by atoms with Gasteiger partial charge in [0.05, 0.1) is 23.2 Å². The molecule has 0 amide bonds. The van der Waals surface area contributed by atoms with Crippen molar-refractivity contribution in [3.63, 3.8) is 0 Å². The van der Waals surface area contributed by atoms with Crippen LogP contribution in [0, 0.1) is 29.6 Å². The van der Waals surface area contributed by atoms with Crippen LogP contribution in [-0.4, -0.2) is 27.1 Å². The number of rotatable bonds is 4. The Hall–Kier alpha value is -3.56. The van der Waals surface area contributed by atoms with Crippen LogP contribution in [0.5, 0.6) is 0 Å². The van der Waals surface area contributed by atoms with Gasteiger partial charge in [0.15, 0.2) is 0 Å². The highest BCUT2D eigenvalue weighted by Crippen LogP contribution is 2.26. The van der Waals surface area contributed by atoms with E-state index in [1.54, 1.807) is 0 Å². The van der Waals surface area contributed by atoms with E-state index in [1.807, 2.05) is 55.5 Å². The van der Waals surface area contributed by atoms with E-state index >= 15 is 0 Å². The fraction of sp³-hybridized carbons (Fsp3) is 0.217. The molecule has 0 saturated heterocycles. The van der Waals surface area contributed by atoms with Gasteiger partial charge in [-0.3, -0.25) is 4.90 Å². The molecule has 29 heavy (non-hydrogen) atoms. The predicted molar refractivity (Wildman–Crippen MR) is 113 cm³/mol. The maximum atomic E-state index is 9.67. The van der Waals surface area contributed by atoms with Crippen LogP contribution in [0.3, 0.4) is 0 Å². The summed E-state index contributed by atoms with van der Waals surface area (Å²) in [7, 11) is 0. The lowest BCUT2D eigenvalue weighted by Gasteiger charge is -2.21. The minimum Gasteiger partial charge on any atom is -0.324 e. The van der Waals surface area contributed by atoms with Crippen LogP contribution in [0.25, 0.3) is 0 Å². The minimum absolute atomic E-state index is 0.307. The van der Waals surface area contributed by atoms with Crippen LogP contribution in [0.15, 0.2) is 60.7 Å². The van der Waals surface area contributed by atoms with Crippen molar-refractivity contribution in [3.8, 4) is 6.07 Å². The van der Waals surface area contributed by atoms with Crippen LogP contribution in [0.2, 0.25) is 0 Å². The summed E-state index contributed by atoms with van der Waals surface area (Å²) in [5.41, 5.74) is 4.60. The van der Waals surface area contributed by atoms with Gasteiger partial charge in [-0.15, -0.1) is 0 Å². The monoisotopic (exact) mass is 382 g/mol. The number of nitrogens with one attached hydrogen (secondary N) is 2. The first-order valence-corrected chi connectivity index (χ1v) is 9.58. The Labute approximate surface area is 170 Å². The van der Waals surface area contributed by atoms with Gasteiger partial charge < -0.3 is 10.7 Å². The zero-order valence-electron chi connectivity index (χ0n) is 16.3. The third kappa shape index (κ3) is 4.15. The number of nitrogens with zero attached hydrogens (tertiary/aromatic N) is 4. The van der Waals surface area contributed by atoms with Crippen LogP contribution in [-0.2, 0) is 13.1 Å². The second-order valence-electron chi connectivity index (χ2n) is 7.20. The van der Waals surface area contributed by atoms with Crippen molar-refractivity contribution in [3.05, 3.63) is 83.2 Å². The van der Waals surface area contributed by atoms with Crippen molar-refractivity contribution < 1.29 is 0 Å². The Morgan fingerprint density at radius 3 is 2.48 bits per heavy atom. The highest BCUT2D eigenvalue weighted by Gasteiger charge is 2.29. The normalized spacial score (nSPS) is 16.6. The van der Waals surface area contributed by atoms with E-state index in [9.17, 15) is 5.26 Å². The molecule has 0 saturated carbocycles. The first-order valence-electron chi connectivity index (χ1n) is 9.58. The van der Waals surface area contributed by atoms with E-state index < -0.39 is 5.92 Å². The molecule has 0 radical (unpaired) electrons. The Morgan fingerprint density at radius 1 is 1.10 bits per heavy atom. The van der Waals surface area contributed by atoms with E-state index in [2.05, 4.69) is 33.4 Å². The molecule has 4 rings (SSSR count). The van der Waals surface area contributed by atoms with Gasteiger partial charge >= 0.3 is 0 Å². The Kier molecular flexibility index (Phi) is 5.32. The molecule has 1 unspecified atom stereocenters. The van der Waals surface area contributed by atoms with E-state index in [-0.39, 0.29) is 0 Å². The number of fused-ring (bicyclic) bond motifs is 1. The standard InChI is InChI=1S/C23H22N6/c1-16-21-20(28-23(26-16)27-19-10-6-3-7-11-19)15-29(14-18(12-24)22(21)25)13-17-8-4-2-5-9-17/h2-11,18,25H,13-15H2,1H3,(H,26,27,28). The molecule has 3 aromatic rings. The quantitative estimate of drug-likeness (QED) is 0.710. The molecule has 2 aromatic carbocycles. The first-order chi connectivity index (χ1) is 14.1. The second kappa shape index (κ2) is 8.21. The lowest BCUT2D eigenvalue weighted by Crippen LogP contribution is -2.28. The SMILES string of the molecule is Cc1nc(Nc2ccccc2)nc2c1C(=N)C(C#N)CN(Cc1ccccc1)C2. The maximum Gasteiger partial charge on any atom is 0.227 e. The number of aryl methyl sites for hydroxylation is 1. The molecule has 1 aromatic heterocycles. The third-order valence-electron chi connectivity index (χ3n) is 5.03. The van der Waals surface area contributed by atoms with Gasteiger partial charge in [0, 0.05) is 30.9 Å². The van der Waals surface area contributed by atoms with Crippen LogP contribution in [0.1, 0.15) is 22.5 Å². The van der Waals surface area contributed by atoms with E-state index in [4.69, 9.17) is 10.4 Å². The molecule has 0 fully saturated rings. The first kappa shape index (κ1) is 18.8. The summed E-state index contributed by atoms with van der Waals surface area (Å²) in [5, 5.41) is 21.5. The van der Waals surface area contributed by atoms with E-state index in [0.717, 1.165) is 17.1 Å². The highest BCUT2D eigenvalue weighted by atomic mass is 15.2. The number of nitriles is 1. The summed E-state index contributed by atoms with van der Waals surface area (Å²) >= 11 is 0. The smallest absolute Gasteiger partial charge is 0.227 e. The van der Waals surface area contributed by atoms with Gasteiger partial charge in [-0.1, -0.05) is 48.5 Å². The number of benzene rings is 2. The van der Waals surface area contributed by atoms with Crippen molar-refractivity contribution in [2.24, 2.45) is 5.92 Å². The number of anilines is 2. The van der Waals surface area contributed by atoms with Gasteiger partial charge in [-0.25, -0.2) is 9.97 Å². The summed E-state index contributed by atoms with van der Waals surface area (Å²) in [4.78, 5) is 11.5. The topological polar surface area (TPSA) is 88.7 Å². The van der Waals surface area contributed by atoms with Crippen molar-refractivity contribution in [2.75, 3.05) is 11.9 Å². The van der Waals surface area contributed by atoms with Crippen molar-refractivity contribution in [1.29, 1.82) is 10.7 Å². The molecule has 0 bridgehead atoms. The van der Waals surface area contributed by atoms with Crippen molar-refractivity contribution in [2.45, 2.75) is 20.0 Å². The van der Waals surface area contributed by atoms with Crippen molar-refractivity contribution in [1.82, 2.24) is 14.9 Å². The largest absolute Gasteiger partial charge is 0.324 e. The molecule has 1 aliphatic rings. The molecule has 0 spiro atoms. The summed E-state index contributed by atoms with van der Waals surface area (Å²) in [6, 6.07) is 22.2. The van der Waals surface area contributed by atoms with Crippen molar-refractivity contribution >= 4 is 17.3 Å². The highest BCUT2D eigenvalue weighted by molar-refractivity contribution is 6.03. The van der Waals surface area contributed by atoms with Gasteiger partial charge in [0.2, 0.25) is 5.95 Å². The number of hydrogen-bond donors (Lipinski definition) is 2. The Bertz CT molecular complexity index is 1060. The molecule has 1 aliphatic heterocycles. The maximum absolute atomic E-state index is 9.67. The van der Waals surface area contributed by atoms with Crippen LogP contribution in [0.4, 0.5) is 11.6 Å². The molecule has 0 aliphatic carbocycles. The van der Waals surface area contributed by atoms with E-state index in [1.165, 1.54) is 5.56 Å². The average molecular weight is 382 g/mol. The van der Waals surface area contributed by atoms with E-state index in [0.29, 0.717) is 36.9 Å². The van der Waals surface area contributed by atoms with Gasteiger partial charge in [-0.05, 0) is 24.6 Å². The third-order valence-corrected chi connectivity index (χ3v) is 5.03. The molecule has 2 N–H and O–H groups in total. The molecule has 2 heterocycles. The summed E-state index contributed by atoms with van der Waals surface area (Å²) in [6.07, 6.45) is 0. The van der Waals surface area contributed by atoms with Gasteiger partial charge in [0.25, 0.3) is 0 Å². The molecule has 144 valence electrons. The fourth-order valence-electron chi connectivity index (χ4n) is 3.67. The number of hydrogen-bond acceptors (Lipinski definition) is 6. The van der Waals surface area contributed by atoms with Crippen LogP contribution >= 0.6 is 0 Å². The zero-order valence-corrected chi connectivity index (χ0v) is 16.3. The summed E-state index contributed by atoms with van der Waals surface area (Å²) in [6.45, 7) is 3.65. The Morgan fingerprint density at radius 2 is 1.79 bits per heavy atom. The average Bonchev–Trinajstić information content (AvgIpc) is 2.85. The predicted octanol–water partition coefficient (Wildman–Crippen LogP) is 4.05. The number of para-hydroxylation sites is 1. The molecule has 6 nitrogen and oxygen atoms in total. The summed E-state index contributed by atoms with van der Waals surface area (Å²) in [5.74, 6) is 0.00511. The second-order valence-corrected chi connectivity index (χ2v) is 7.20. The molecule has 1 atom stereocenters. The molecule has 6 heteroatoms. The van der Waals surface area contributed by atoms with Crippen LogP contribution < -0.4 is 5.32 Å². The summed E-state index contributed by atoms with van der Waals surface area (Å²) < 4.78 is 0. The lowest BCUT2D eigenvalue weighted by atomic mass is 9.97. The lowest BCUT2D eigenvalue weighted by molar-refractivity contribution is 0.251.